The first-order valence-corrected chi connectivity index (χ1v) is 13.7. The monoisotopic (exact) mass is 621 g/mol. The first-order chi connectivity index (χ1) is 17.2. The van der Waals surface area contributed by atoms with Gasteiger partial charge in [0.15, 0.2) is 0 Å². The highest BCUT2D eigenvalue weighted by Gasteiger charge is 2.32. The average molecular weight is 621 g/mol. The molecule has 3 rings (SSSR count). The molecule has 10 heteroatoms. The summed E-state index contributed by atoms with van der Waals surface area (Å²) in [7, 11) is -1.03. The van der Waals surface area contributed by atoms with Crippen LogP contribution in [0.25, 0.3) is 0 Å². The smallest absolute Gasteiger partial charge is 0.264 e. The maximum absolute atomic E-state index is 13.7. The van der Waals surface area contributed by atoms with Crippen molar-refractivity contribution in [2.75, 3.05) is 25.0 Å². The lowest BCUT2D eigenvalue weighted by atomic mass is 10.1. The highest BCUT2D eigenvalue weighted by Crippen LogP contribution is 2.25. The summed E-state index contributed by atoms with van der Waals surface area (Å²) in [5.41, 5.74) is 1.09. The molecule has 0 aliphatic carbocycles. The Bertz CT molecular complexity index is 1300. The zero-order valence-corrected chi connectivity index (χ0v) is 23.2. The average Bonchev–Trinajstić information content (AvgIpc) is 2.90. The summed E-state index contributed by atoms with van der Waals surface area (Å²) in [4.78, 5) is 27.7. The van der Waals surface area contributed by atoms with Gasteiger partial charge in [-0.3, -0.25) is 13.9 Å². The van der Waals surface area contributed by atoms with Crippen LogP contribution >= 0.6 is 22.6 Å². The van der Waals surface area contributed by atoms with Gasteiger partial charge in [0.2, 0.25) is 11.8 Å². The number of hydrogen-bond donors (Lipinski definition) is 1. The van der Waals surface area contributed by atoms with E-state index < -0.39 is 28.5 Å². The Labute approximate surface area is 225 Å². The molecule has 0 radical (unpaired) electrons. The number of sulfonamides is 1. The molecule has 1 atom stereocenters. The summed E-state index contributed by atoms with van der Waals surface area (Å²) < 4.78 is 34.6. The number of hydrogen-bond acceptors (Lipinski definition) is 5. The van der Waals surface area contributed by atoms with Gasteiger partial charge in [0.05, 0.1) is 17.7 Å². The maximum atomic E-state index is 13.7. The van der Waals surface area contributed by atoms with E-state index in [-0.39, 0.29) is 17.3 Å². The van der Waals surface area contributed by atoms with Gasteiger partial charge in [-0.15, -0.1) is 0 Å². The van der Waals surface area contributed by atoms with Gasteiger partial charge in [-0.25, -0.2) is 8.42 Å². The number of methoxy groups -OCH3 is 1. The van der Waals surface area contributed by atoms with Crippen molar-refractivity contribution < 1.29 is 22.7 Å². The van der Waals surface area contributed by atoms with E-state index in [4.69, 9.17) is 4.74 Å². The van der Waals surface area contributed by atoms with Crippen molar-refractivity contribution >= 4 is 50.1 Å². The summed E-state index contributed by atoms with van der Waals surface area (Å²) in [6.07, 6.45) is 0. The highest BCUT2D eigenvalue weighted by molar-refractivity contribution is 14.1. The Morgan fingerprint density at radius 2 is 1.67 bits per heavy atom. The van der Waals surface area contributed by atoms with Crippen LogP contribution in [-0.4, -0.2) is 51.9 Å². The molecular weight excluding hydrogens is 593 g/mol. The van der Waals surface area contributed by atoms with Crippen molar-refractivity contribution in [1.82, 2.24) is 10.2 Å². The standard InChI is InChI=1S/C26H28IN3O5S/c1-19(26(32)28-2)29(17-20-8-7-9-23(16-20)35-3)25(31)18-30(22-14-12-21(27)13-15-22)36(33,34)24-10-5-4-6-11-24/h4-16,19H,17-18H2,1-3H3,(H,28,32)/t19-/m0/s1. The van der Waals surface area contributed by atoms with E-state index in [0.29, 0.717) is 11.4 Å². The highest BCUT2D eigenvalue weighted by atomic mass is 127. The van der Waals surface area contributed by atoms with Gasteiger partial charge in [0, 0.05) is 17.2 Å². The Balaban J connectivity index is 2.01. The lowest BCUT2D eigenvalue weighted by Crippen LogP contribution is -2.50. The topological polar surface area (TPSA) is 96.0 Å². The van der Waals surface area contributed by atoms with Crippen LogP contribution in [0.15, 0.2) is 83.8 Å². The molecule has 3 aromatic rings. The molecule has 2 amide bonds. The van der Waals surface area contributed by atoms with Crippen molar-refractivity contribution in [2.45, 2.75) is 24.4 Å². The van der Waals surface area contributed by atoms with Crippen LogP contribution in [0.1, 0.15) is 12.5 Å². The third-order valence-electron chi connectivity index (χ3n) is 5.63. The predicted octanol–water partition coefficient (Wildman–Crippen LogP) is 3.66. The molecule has 0 aliphatic rings. The Hall–Kier alpha value is -3.12. The minimum absolute atomic E-state index is 0.0649. The molecule has 3 aromatic carbocycles. The van der Waals surface area contributed by atoms with E-state index in [0.717, 1.165) is 13.4 Å². The number of ether oxygens (including phenoxy) is 1. The summed E-state index contributed by atoms with van der Waals surface area (Å²) in [6.45, 7) is 1.22. The predicted molar refractivity (Wildman–Crippen MR) is 147 cm³/mol. The SMILES string of the molecule is CNC(=O)[C@H](C)N(Cc1cccc(OC)c1)C(=O)CN(c1ccc(I)cc1)S(=O)(=O)c1ccccc1. The molecule has 1 N–H and O–H groups in total. The molecule has 0 heterocycles. The molecule has 190 valence electrons. The molecule has 0 aliphatic heterocycles. The van der Waals surface area contributed by atoms with Crippen molar-refractivity contribution in [3.8, 4) is 5.75 Å². The number of anilines is 1. The van der Waals surface area contributed by atoms with E-state index in [1.165, 1.54) is 24.1 Å². The second-order valence-corrected chi connectivity index (χ2v) is 11.1. The van der Waals surface area contributed by atoms with Crippen molar-refractivity contribution in [3.63, 3.8) is 0 Å². The fourth-order valence-corrected chi connectivity index (χ4v) is 5.41. The quantitative estimate of drug-likeness (QED) is 0.349. The summed E-state index contributed by atoms with van der Waals surface area (Å²) in [6, 6.07) is 21.1. The maximum Gasteiger partial charge on any atom is 0.264 e. The van der Waals surface area contributed by atoms with Crippen LogP contribution in [0.3, 0.4) is 0 Å². The number of benzene rings is 3. The van der Waals surface area contributed by atoms with E-state index in [2.05, 4.69) is 27.9 Å². The largest absolute Gasteiger partial charge is 0.497 e. The van der Waals surface area contributed by atoms with Crippen LogP contribution < -0.4 is 14.4 Å². The van der Waals surface area contributed by atoms with Gasteiger partial charge in [0.25, 0.3) is 10.0 Å². The molecule has 0 saturated heterocycles. The van der Waals surface area contributed by atoms with Crippen LogP contribution in [0.5, 0.6) is 5.75 Å². The zero-order valence-electron chi connectivity index (χ0n) is 20.2. The molecule has 0 fully saturated rings. The minimum atomic E-state index is -4.07. The first kappa shape index (κ1) is 27.5. The molecule has 0 bridgehead atoms. The summed E-state index contributed by atoms with van der Waals surface area (Å²) in [5.74, 6) is -0.274. The number of carbonyl (C=O) groups excluding carboxylic acids is 2. The van der Waals surface area contributed by atoms with Gasteiger partial charge < -0.3 is 15.0 Å². The van der Waals surface area contributed by atoms with Gasteiger partial charge in [-0.1, -0.05) is 30.3 Å². The van der Waals surface area contributed by atoms with Gasteiger partial charge in [0.1, 0.15) is 18.3 Å². The van der Waals surface area contributed by atoms with E-state index in [9.17, 15) is 18.0 Å². The van der Waals surface area contributed by atoms with E-state index in [1.54, 1.807) is 74.7 Å². The van der Waals surface area contributed by atoms with Crippen molar-refractivity contribution in [1.29, 1.82) is 0 Å². The molecule has 0 unspecified atom stereocenters. The molecule has 0 saturated carbocycles. The van der Waals surface area contributed by atoms with Gasteiger partial charge in [-0.05, 0) is 83.6 Å². The van der Waals surface area contributed by atoms with Crippen molar-refractivity contribution in [2.24, 2.45) is 0 Å². The second kappa shape index (κ2) is 12.2. The van der Waals surface area contributed by atoms with Crippen LogP contribution in [-0.2, 0) is 26.2 Å². The number of halogens is 1. The van der Waals surface area contributed by atoms with Gasteiger partial charge >= 0.3 is 0 Å². The molecule has 36 heavy (non-hydrogen) atoms. The van der Waals surface area contributed by atoms with E-state index in [1.807, 2.05) is 6.07 Å². The Kier molecular flexibility index (Phi) is 9.32. The van der Waals surface area contributed by atoms with E-state index >= 15 is 0 Å². The number of nitrogens with zero attached hydrogens (tertiary/aromatic N) is 2. The third-order valence-corrected chi connectivity index (χ3v) is 8.13. The zero-order chi connectivity index (χ0) is 26.3. The fraction of sp³-hybridized carbons (Fsp3) is 0.231. The lowest BCUT2D eigenvalue weighted by Gasteiger charge is -2.31. The fourth-order valence-electron chi connectivity index (χ4n) is 3.61. The second-order valence-electron chi connectivity index (χ2n) is 7.96. The number of amides is 2. The normalized spacial score (nSPS) is 11.9. The Morgan fingerprint density at radius 3 is 2.28 bits per heavy atom. The number of nitrogens with one attached hydrogen (secondary N) is 1. The number of likely N-dealkylation sites (N-methyl/N-ethyl adjacent to an activating group) is 1. The number of carbonyl (C=O) groups is 2. The van der Waals surface area contributed by atoms with Crippen molar-refractivity contribution in [3.05, 3.63) is 88.0 Å². The van der Waals surface area contributed by atoms with Crippen LogP contribution in [0.2, 0.25) is 0 Å². The molecule has 0 spiro atoms. The van der Waals surface area contributed by atoms with Crippen LogP contribution in [0, 0.1) is 3.57 Å². The third kappa shape index (κ3) is 6.55. The lowest BCUT2D eigenvalue weighted by molar-refractivity contribution is -0.139. The Morgan fingerprint density at radius 1 is 1.00 bits per heavy atom. The first-order valence-electron chi connectivity index (χ1n) is 11.1. The van der Waals surface area contributed by atoms with Gasteiger partial charge in [-0.2, -0.15) is 0 Å². The van der Waals surface area contributed by atoms with Crippen LogP contribution in [0.4, 0.5) is 5.69 Å². The summed E-state index contributed by atoms with van der Waals surface area (Å²) in [5, 5.41) is 2.57. The summed E-state index contributed by atoms with van der Waals surface area (Å²) >= 11 is 2.13. The minimum Gasteiger partial charge on any atom is -0.497 e. The molecular formula is C26H28IN3O5S. The molecule has 0 aromatic heterocycles. The molecule has 8 nitrogen and oxygen atoms in total. The number of rotatable bonds is 10.